The van der Waals surface area contributed by atoms with Crippen molar-refractivity contribution < 1.29 is 14.7 Å². The predicted octanol–water partition coefficient (Wildman–Crippen LogP) is 4.94. The molecule has 0 fully saturated rings. The number of amides is 2. The molecule has 4 aromatic rings. The minimum atomic E-state index is -1.18. The van der Waals surface area contributed by atoms with Gasteiger partial charge in [0.2, 0.25) is 5.91 Å². The average molecular weight is 459 g/mol. The summed E-state index contributed by atoms with van der Waals surface area (Å²) >= 11 is 1.38. The maximum Gasteiger partial charge on any atom is 0.408 e. The Hall–Kier alpha value is -4.04. The van der Waals surface area contributed by atoms with E-state index in [2.05, 4.69) is 15.3 Å². The quantitative estimate of drug-likeness (QED) is 0.390. The Bertz CT molecular complexity index is 1200. The Kier molecular flexibility index (Phi) is 7.06. The van der Waals surface area contributed by atoms with E-state index in [1.54, 1.807) is 29.4 Å². The lowest BCUT2D eigenvalue weighted by molar-refractivity contribution is -0.121. The number of benzene rings is 2. The summed E-state index contributed by atoms with van der Waals surface area (Å²) in [6.07, 6.45) is 2.48. The van der Waals surface area contributed by atoms with E-state index in [4.69, 9.17) is 0 Å². The van der Waals surface area contributed by atoms with Crippen molar-refractivity contribution in [3.63, 3.8) is 0 Å². The lowest BCUT2D eigenvalue weighted by Gasteiger charge is -2.28. The topological polar surface area (TPSA) is 95.4 Å². The van der Waals surface area contributed by atoms with E-state index in [1.807, 2.05) is 60.7 Å². The zero-order valence-electron chi connectivity index (χ0n) is 17.7. The first-order valence-corrected chi connectivity index (χ1v) is 11.3. The van der Waals surface area contributed by atoms with E-state index in [1.165, 1.54) is 11.3 Å². The van der Waals surface area contributed by atoms with Crippen molar-refractivity contribution >= 4 is 29.0 Å². The standard InChI is InChI=1S/C25H22N4O3S/c30-24(28-21-8-4-7-20(14-21)19-9-11-26-12-10-19)23(13-18-5-2-1-3-6-18)29(25(31)32)15-22-16-33-17-27-22/h1-12,14,16-17,23H,13,15H2,(H,28,30)(H,31,32). The fourth-order valence-electron chi connectivity index (χ4n) is 3.53. The van der Waals surface area contributed by atoms with E-state index in [-0.39, 0.29) is 13.0 Å². The molecule has 0 spiro atoms. The van der Waals surface area contributed by atoms with Crippen LogP contribution in [0, 0.1) is 0 Å². The number of aromatic nitrogens is 2. The molecule has 0 bridgehead atoms. The van der Waals surface area contributed by atoms with Crippen molar-refractivity contribution in [2.75, 3.05) is 5.32 Å². The molecule has 1 unspecified atom stereocenters. The van der Waals surface area contributed by atoms with Crippen LogP contribution in [0.25, 0.3) is 11.1 Å². The van der Waals surface area contributed by atoms with Gasteiger partial charge in [-0.2, -0.15) is 0 Å². The third kappa shape index (κ3) is 5.81. The first kappa shape index (κ1) is 22.2. The largest absolute Gasteiger partial charge is 0.465 e. The molecule has 0 aliphatic heterocycles. The second-order valence-electron chi connectivity index (χ2n) is 7.40. The highest BCUT2D eigenvalue weighted by Crippen LogP contribution is 2.23. The summed E-state index contributed by atoms with van der Waals surface area (Å²) in [5, 5.41) is 14.6. The lowest BCUT2D eigenvalue weighted by atomic mass is 10.0. The predicted molar refractivity (Wildman–Crippen MR) is 128 cm³/mol. The van der Waals surface area contributed by atoms with Gasteiger partial charge in [0.05, 0.1) is 17.7 Å². The first-order chi connectivity index (χ1) is 16.1. The second-order valence-corrected chi connectivity index (χ2v) is 8.12. The van der Waals surface area contributed by atoms with Crippen LogP contribution in [0.1, 0.15) is 11.3 Å². The SMILES string of the molecule is O=C(Nc1cccc(-c2ccncc2)c1)C(Cc1ccccc1)N(Cc1cscn1)C(=O)O. The molecular weight excluding hydrogens is 436 g/mol. The molecule has 0 saturated heterocycles. The molecule has 0 aliphatic rings. The fraction of sp³-hybridized carbons (Fsp3) is 0.120. The van der Waals surface area contributed by atoms with E-state index in [9.17, 15) is 14.7 Å². The molecule has 0 radical (unpaired) electrons. The lowest BCUT2D eigenvalue weighted by Crippen LogP contribution is -2.47. The summed E-state index contributed by atoms with van der Waals surface area (Å²) in [6.45, 7) is 0.0286. The van der Waals surface area contributed by atoms with Crippen LogP contribution in [0.2, 0.25) is 0 Å². The Morgan fingerprint density at radius 1 is 1.00 bits per heavy atom. The normalized spacial score (nSPS) is 11.5. The monoisotopic (exact) mass is 458 g/mol. The van der Waals surface area contributed by atoms with Crippen molar-refractivity contribution in [1.82, 2.24) is 14.9 Å². The Labute approximate surface area is 195 Å². The van der Waals surface area contributed by atoms with Gasteiger partial charge in [0.15, 0.2) is 0 Å². The number of carbonyl (C=O) groups excluding carboxylic acids is 1. The van der Waals surface area contributed by atoms with Crippen molar-refractivity contribution in [1.29, 1.82) is 0 Å². The van der Waals surface area contributed by atoms with Gasteiger partial charge in [0, 0.05) is 29.9 Å². The van der Waals surface area contributed by atoms with Crippen LogP contribution >= 0.6 is 11.3 Å². The van der Waals surface area contributed by atoms with Crippen LogP contribution in [0.5, 0.6) is 0 Å². The maximum absolute atomic E-state index is 13.4. The molecule has 4 rings (SSSR count). The minimum Gasteiger partial charge on any atom is -0.465 e. The zero-order valence-corrected chi connectivity index (χ0v) is 18.5. The third-order valence-electron chi connectivity index (χ3n) is 5.16. The minimum absolute atomic E-state index is 0.0286. The highest BCUT2D eigenvalue weighted by atomic mass is 32.1. The molecule has 1 atom stereocenters. The van der Waals surface area contributed by atoms with E-state index in [0.717, 1.165) is 21.6 Å². The molecule has 166 valence electrons. The summed E-state index contributed by atoms with van der Waals surface area (Å²) in [6, 6.07) is 19.7. The van der Waals surface area contributed by atoms with Gasteiger partial charge in [-0.1, -0.05) is 42.5 Å². The smallest absolute Gasteiger partial charge is 0.408 e. The van der Waals surface area contributed by atoms with Crippen LogP contribution in [0.3, 0.4) is 0 Å². The summed E-state index contributed by atoms with van der Waals surface area (Å²) < 4.78 is 0. The number of nitrogens with one attached hydrogen (secondary N) is 1. The number of anilines is 1. The molecule has 2 aromatic heterocycles. The molecule has 2 amide bonds. The van der Waals surface area contributed by atoms with Crippen LogP contribution in [-0.2, 0) is 17.8 Å². The van der Waals surface area contributed by atoms with E-state index >= 15 is 0 Å². The van der Waals surface area contributed by atoms with Gasteiger partial charge in [0.25, 0.3) is 0 Å². The number of hydrogen-bond donors (Lipinski definition) is 2. The van der Waals surface area contributed by atoms with Gasteiger partial charge in [-0.25, -0.2) is 9.78 Å². The molecule has 33 heavy (non-hydrogen) atoms. The van der Waals surface area contributed by atoms with Crippen molar-refractivity contribution in [3.05, 3.63) is 101 Å². The molecule has 0 saturated carbocycles. The molecule has 2 heterocycles. The van der Waals surface area contributed by atoms with Gasteiger partial charge >= 0.3 is 6.09 Å². The van der Waals surface area contributed by atoms with Crippen LogP contribution < -0.4 is 5.32 Å². The third-order valence-corrected chi connectivity index (χ3v) is 5.79. The van der Waals surface area contributed by atoms with E-state index in [0.29, 0.717) is 11.4 Å². The molecule has 8 heteroatoms. The summed E-state index contributed by atoms with van der Waals surface area (Å²) in [5.74, 6) is -0.400. The highest BCUT2D eigenvalue weighted by Gasteiger charge is 2.31. The first-order valence-electron chi connectivity index (χ1n) is 10.3. The summed E-state index contributed by atoms with van der Waals surface area (Å²) in [7, 11) is 0. The van der Waals surface area contributed by atoms with Gasteiger partial charge < -0.3 is 10.4 Å². The Morgan fingerprint density at radius 3 is 2.48 bits per heavy atom. The highest BCUT2D eigenvalue weighted by molar-refractivity contribution is 7.07. The second kappa shape index (κ2) is 10.5. The number of carboxylic acid groups (broad SMARTS) is 1. The summed E-state index contributed by atoms with van der Waals surface area (Å²) in [4.78, 5) is 34.9. The van der Waals surface area contributed by atoms with Crippen molar-refractivity contribution in [3.8, 4) is 11.1 Å². The molecular formula is C25H22N4O3S. The van der Waals surface area contributed by atoms with Crippen LogP contribution in [0.4, 0.5) is 10.5 Å². The Morgan fingerprint density at radius 2 is 1.79 bits per heavy atom. The maximum atomic E-state index is 13.4. The number of pyridine rings is 1. The van der Waals surface area contributed by atoms with Crippen molar-refractivity contribution in [2.24, 2.45) is 0 Å². The van der Waals surface area contributed by atoms with Gasteiger partial charge in [0.1, 0.15) is 6.04 Å². The summed E-state index contributed by atoms with van der Waals surface area (Å²) in [5.41, 5.74) is 5.60. The van der Waals surface area contributed by atoms with E-state index < -0.39 is 18.0 Å². The van der Waals surface area contributed by atoms with Gasteiger partial charge in [-0.15, -0.1) is 11.3 Å². The zero-order chi connectivity index (χ0) is 23.0. The number of rotatable bonds is 8. The average Bonchev–Trinajstić information content (AvgIpc) is 3.36. The molecule has 2 N–H and O–H groups in total. The number of carbonyl (C=O) groups is 2. The Balaban J connectivity index is 1.60. The van der Waals surface area contributed by atoms with Gasteiger partial charge in [-0.05, 0) is 41.0 Å². The van der Waals surface area contributed by atoms with Crippen LogP contribution in [0.15, 0.2) is 90.0 Å². The number of nitrogens with zero attached hydrogens (tertiary/aromatic N) is 3. The number of hydrogen-bond acceptors (Lipinski definition) is 5. The molecule has 0 aliphatic carbocycles. The molecule has 7 nitrogen and oxygen atoms in total. The number of thiazole rings is 1. The van der Waals surface area contributed by atoms with Gasteiger partial charge in [-0.3, -0.25) is 14.7 Å². The molecule has 2 aromatic carbocycles. The van der Waals surface area contributed by atoms with Crippen LogP contribution in [-0.4, -0.2) is 38.0 Å². The van der Waals surface area contributed by atoms with Crippen molar-refractivity contribution in [2.45, 2.75) is 19.0 Å². The fourth-order valence-corrected chi connectivity index (χ4v) is 4.08.